The Labute approximate surface area is 658 Å². The molecule has 109 heavy (non-hydrogen) atoms. The molecule has 0 spiro atoms. The quantitative estimate of drug-likeness (QED) is 0.135. The van der Waals surface area contributed by atoms with E-state index in [2.05, 4.69) is 270 Å². The fraction of sp³-hybridized carbons (Fsp3) is 0.183. The molecule has 0 aliphatic rings. The Balaban J connectivity index is 0.000000224. The summed E-state index contributed by atoms with van der Waals surface area (Å²) in [5.74, 6) is 61.6. The van der Waals surface area contributed by atoms with Gasteiger partial charge in [0.1, 0.15) is 27.8 Å². The summed E-state index contributed by atoms with van der Waals surface area (Å²) in [5.41, 5.74) is 26.1. The van der Waals surface area contributed by atoms with Crippen LogP contribution in [0, 0.1) is 211 Å². The number of rotatable bonds is 0. The molecule has 0 atom stereocenters. The minimum Gasteiger partial charge on any atom is -0.101 e. The van der Waals surface area contributed by atoms with Gasteiger partial charge in [-0.25, -0.2) is 0 Å². The van der Waals surface area contributed by atoms with Crippen LogP contribution in [-0.2, 0) is 0 Å². The van der Waals surface area contributed by atoms with E-state index in [1.54, 1.807) is 85.5 Å². The first-order valence-corrected chi connectivity index (χ1v) is 34.8. The van der Waals surface area contributed by atoms with E-state index in [9.17, 15) is 0 Å². The summed E-state index contributed by atoms with van der Waals surface area (Å²) in [6, 6.07) is 74.2. The Bertz CT molecular complexity index is 6090. The number of aryl methyl sites for hydroxylation is 9. The zero-order valence-electron chi connectivity index (χ0n) is 71.1. The number of nitrogens with zero attached hydrogens (tertiary/aromatic N) is 5. The highest BCUT2D eigenvalue weighted by Gasteiger charge is 2.10. The molecule has 0 unspecified atom stereocenters. The molecule has 10 rings (SSSR count). The van der Waals surface area contributed by atoms with Crippen molar-refractivity contribution >= 4 is 0 Å². The molecule has 524 valence electrons. The van der Waals surface area contributed by atoms with Crippen molar-refractivity contribution < 1.29 is 8.22 Å². The lowest BCUT2D eigenvalue weighted by atomic mass is 9.98. The lowest BCUT2D eigenvalue weighted by Gasteiger charge is -2.04. The first kappa shape index (κ1) is 74.0. The minimum absolute atomic E-state index is 0.247. The van der Waals surface area contributed by atoms with E-state index in [0.717, 1.165) is 89.0 Å². The van der Waals surface area contributed by atoms with Gasteiger partial charge in [-0.05, 0) is 268 Å². The summed E-state index contributed by atoms with van der Waals surface area (Å²) in [6.07, 6.45) is 0. The summed E-state index contributed by atoms with van der Waals surface area (Å²) >= 11 is 0. The average Bonchev–Trinajstić information content (AvgIpc) is 0.837. The van der Waals surface area contributed by atoms with Crippen molar-refractivity contribution in [2.75, 3.05) is 35.2 Å². The van der Waals surface area contributed by atoms with Gasteiger partial charge in [0.25, 0.3) is 35.2 Å². The Morgan fingerprint density at radius 1 is 0.193 bits per heavy atom. The lowest BCUT2D eigenvalue weighted by Crippen LogP contribution is -1.92. The molecule has 0 saturated heterocycles. The summed E-state index contributed by atoms with van der Waals surface area (Å²) < 4.78 is 45.1. The van der Waals surface area contributed by atoms with Crippen LogP contribution in [0.5, 0.6) is 0 Å². The molecule has 5 heteroatoms. The van der Waals surface area contributed by atoms with Crippen molar-refractivity contribution in [2.24, 2.45) is 0 Å². The smallest absolute Gasteiger partial charge is 0.101 e. The SMILES string of the molecule is CC#Cc1cc(C)c(C)cc1C#Cc1cc(C)c(C)cc1C#[N+]C.CC#Cc1ccc(C)cc1C#Cc1cc(C)ccc1C#[N+]C.CC#Cc1ccccc1C#Cc1cc(C)ccc1C#[N+]C.[2H]C([2H])([2H])c1ccc(C#Cc2ccccc2C#CC)c(C#[N+]C)c1.[2H]C([2H])([2H])c1ccc(C#Cc2ccccc2C#[N+]C)c(C#CC)c1. The van der Waals surface area contributed by atoms with Gasteiger partial charge in [-0.15, -0.1) is 29.6 Å². The van der Waals surface area contributed by atoms with E-state index in [1.165, 1.54) is 38.9 Å². The van der Waals surface area contributed by atoms with Crippen LogP contribution in [0.3, 0.4) is 0 Å². The molecule has 0 aromatic heterocycles. The predicted molar refractivity (Wildman–Crippen MR) is 461 cm³/mol. The molecule has 0 saturated carbocycles. The van der Waals surface area contributed by atoms with Gasteiger partial charge in [0.2, 0.25) is 0 Å². The molecule has 0 N–H and O–H groups in total. The van der Waals surface area contributed by atoms with E-state index in [-0.39, 0.29) is 11.1 Å². The van der Waals surface area contributed by atoms with Gasteiger partial charge < -0.3 is 0 Å². The summed E-state index contributed by atoms with van der Waals surface area (Å²) in [5, 5.41) is 0. The van der Waals surface area contributed by atoms with E-state index >= 15 is 0 Å². The summed E-state index contributed by atoms with van der Waals surface area (Å²) in [6.45, 7) is 19.2. The van der Waals surface area contributed by atoms with Crippen molar-refractivity contribution in [3.05, 3.63) is 374 Å². The second kappa shape index (κ2) is 44.7. The van der Waals surface area contributed by atoms with Gasteiger partial charge in [-0.1, -0.05) is 180 Å². The van der Waals surface area contributed by atoms with Crippen LogP contribution in [0.25, 0.3) is 24.2 Å². The van der Waals surface area contributed by atoms with Crippen molar-refractivity contribution in [1.29, 1.82) is 0 Å². The monoisotopic (exact) mass is 1410 g/mol. The standard InChI is InChI=1S/C23H22N.C21H18N.3C20H16N/c1-7-8-20-11-16(2)17(3)12-21(20)9-10-22-13-18(4)19(5)14-23(22)15-24-6;1-5-6-18-9-7-16(2)13-19(18)11-12-20-14-17(3)8-10-21(20)15-22-4;1-4-7-19-14-16(2)10-11-18(19)13-12-17-8-5-6-9-20(17)15-21-3;1-4-7-17-8-5-6-9-18(17)12-13-19-14-16(2)10-11-20(19)15-21-3;1-4-7-17-8-5-6-9-18(17)12-13-19-11-10-16(2)14-20(19)15-21-3/h11-14H,1-6H3;7-10,13-14H,1-4H3;3*5-6,8-11,14H,1-3H3/q5*+1/i;;2D3;;2D3. The molecule has 0 aliphatic carbocycles. The highest BCUT2D eigenvalue weighted by Crippen LogP contribution is 2.21. The third kappa shape index (κ3) is 26.8. The van der Waals surface area contributed by atoms with E-state index < -0.39 is 13.7 Å². The van der Waals surface area contributed by atoms with Gasteiger partial charge in [-0.2, -0.15) is 0 Å². The second-order valence-corrected chi connectivity index (χ2v) is 24.1. The maximum atomic E-state index is 7.51. The third-order valence-electron chi connectivity index (χ3n) is 15.7. The normalized spacial score (nSPS) is 9.73. The average molecular weight is 1410 g/mol. The fourth-order valence-corrected chi connectivity index (χ4v) is 10.2. The number of hydrogen-bond acceptors (Lipinski definition) is 0. The molecule has 0 amide bonds. The Kier molecular flexibility index (Phi) is 30.3. The van der Waals surface area contributed by atoms with Crippen LogP contribution in [0.15, 0.2) is 188 Å². The molecule has 0 heterocycles. The lowest BCUT2D eigenvalue weighted by molar-refractivity contribution is 1.31. The zero-order valence-corrected chi connectivity index (χ0v) is 65.1. The van der Waals surface area contributed by atoms with E-state index in [1.807, 2.05) is 124 Å². The second-order valence-electron chi connectivity index (χ2n) is 24.1. The van der Waals surface area contributed by atoms with Crippen LogP contribution >= 0.6 is 0 Å². The van der Waals surface area contributed by atoms with Gasteiger partial charge in [0.05, 0.1) is 0 Å². The fourth-order valence-electron chi connectivity index (χ4n) is 10.2. The molecule has 10 aromatic carbocycles. The van der Waals surface area contributed by atoms with Crippen molar-refractivity contribution in [2.45, 2.75) is 96.8 Å². The maximum absolute atomic E-state index is 7.51. The summed E-state index contributed by atoms with van der Waals surface area (Å²) in [4.78, 5) is 19.7. The molecular formula is C104H88N5+5. The van der Waals surface area contributed by atoms with Gasteiger partial charge in [-0.3, -0.25) is 0 Å². The van der Waals surface area contributed by atoms with Gasteiger partial charge >= 0.3 is 30.3 Å². The minimum atomic E-state index is -2.17. The molecule has 10 aromatic rings. The predicted octanol–water partition coefficient (Wildman–Crippen LogP) is 21.6. The van der Waals surface area contributed by atoms with Crippen LogP contribution < -0.4 is 0 Å². The van der Waals surface area contributed by atoms with Gasteiger partial charge in [0.15, 0.2) is 0 Å². The molecule has 0 bridgehead atoms. The molecular weight excluding hydrogens is 1320 g/mol. The zero-order chi connectivity index (χ0) is 83.9. The topological polar surface area (TPSA) is 21.8 Å². The van der Waals surface area contributed by atoms with Crippen LogP contribution in [0.4, 0.5) is 0 Å². The van der Waals surface area contributed by atoms with E-state index in [4.69, 9.17) is 8.22 Å². The Hall–Kier alpha value is -14.8. The molecule has 0 aliphatic heterocycles. The first-order valence-electron chi connectivity index (χ1n) is 37.8. The molecule has 0 radical (unpaired) electrons. The van der Waals surface area contributed by atoms with Crippen molar-refractivity contribution in [3.63, 3.8) is 0 Å². The Morgan fingerprint density at radius 3 is 0.706 bits per heavy atom. The summed E-state index contributed by atoms with van der Waals surface area (Å²) in [7, 11) is 8.40. The third-order valence-corrected chi connectivity index (χ3v) is 15.7. The largest absolute Gasteiger partial charge is 0.311 e. The number of hydrogen-bond donors (Lipinski definition) is 0. The highest BCUT2D eigenvalue weighted by atomic mass is 14.6. The first-order chi connectivity index (χ1) is 55.2. The number of benzene rings is 10. The van der Waals surface area contributed by atoms with E-state index in [0.29, 0.717) is 22.3 Å². The molecule has 0 fully saturated rings. The van der Waals surface area contributed by atoms with Crippen molar-refractivity contribution in [3.8, 4) is 149 Å². The van der Waals surface area contributed by atoms with Gasteiger partial charge in [0, 0.05) is 91.7 Å². The Morgan fingerprint density at radius 2 is 0.367 bits per heavy atom. The van der Waals surface area contributed by atoms with Crippen LogP contribution in [0.2, 0.25) is 0 Å². The highest BCUT2D eigenvalue weighted by molar-refractivity contribution is 5.63. The van der Waals surface area contributed by atoms with Crippen LogP contribution in [0.1, 0.15) is 204 Å². The van der Waals surface area contributed by atoms with Crippen LogP contribution in [-0.4, -0.2) is 35.2 Å². The maximum Gasteiger partial charge on any atom is 0.311 e. The molecule has 5 nitrogen and oxygen atoms in total. The van der Waals surface area contributed by atoms with Crippen molar-refractivity contribution in [1.82, 2.24) is 0 Å².